The number of hydrogen-bond donors (Lipinski definition) is 1. The Balaban J connectivity index is 2.30. The van der Waals surface area contributed by atoms with Gasteiger partial charge in [-0.1, -0.05) is 42.3 Å². The van der Waals surface area contributed by atoms with Gasteiger partial charge in [-0.2, -0.15) is 5.10 Å². The van der Waals surface area contributed by atoms with E-state index in [1.165, 1.54) is 12.1 Å². The van der Waals surface area contributed by atoms with E-state index in [2.05, 4.69) is 5.10 Å². The molecule has 3 nitrogen and oxygen atoms in total. The second kappa shape index (κ2) is 6.12. The predicted octanol–water partition coefficient (Wildman–Crippen LogP) is 3.70. The molecule has 1 atom stereocenters. The number of aromatic nitrogens is 2. The van der Waals surface area contributed by atoms with Crippen molar-refractivity contribution in [2.75, 3.05) is 0 Å². The van der Waals surface area contributed by atoms with E-state index in [4.69, 9.17) is 23.2 Å². The number of nitrogens with zero attached hydrogens (tertiary/aromatic N) is 2. The van der Waals surface area contributed by atoms with Crippen molar-refractivity contribution in [3.63, 3.8) is 0 Å². The van der Waals surface area contributed by atoms with E-state index < -0.39 is 11.9 Å². The Morgan fingerprint density at radius 2 is 2.10 bits per heavy atom. The maximum atomic E-state index is 13.9. The van der Waals surface area contributed by atoms with Gasteiger partial charge in [-0.05, 0) is 12.5 Å². The summed E-state index contributed by atoms with van der Waals surface area (Å²) < 4.78 is 15.5. The lowest BCUT2D eigenvalue weighted by atomic mass is 10.0. The minimum absolute atomic E-state index is 0.00750. The Labute approximate surface area is 126 Å². The molecule has 6 heteroatoms. The number of aliphatic hydroxyl groups excluding tert-OH is 1. The number of rotatable bonds is 4. The third-order valence-corrected chi connectivity index (χ3v) is 3.96. The Morgan fingerprint density at radius 1 is 1.40 bits per heavy atom. The van der Waals surface area contributed by atoms with E-state index in [0.29, 0.717) is 17.1 Å². The fourth-order valence-electron chi connectivity index (χ4n) is 2.11. The number of aryl methyl sites for hydroxylation is 2. The normalized spacial score (nSPS) is 12.7. The molecule has 2 rings (SSSR count). The first-order chi connectivity index (χ1) is 9.45. The number of aliphatic hydroxyl groups is 1. The van der Waals surface area contributed by atoms with Gasteiger partial charge in [0.15, 0.2) is 0 Å². The molecule has 0 radical (unpaired) electrons. The molecule has 0 saturated heterocycles. The van der Waals surface area contributed by atoms with Crippen LogP contribution in [0.2, 0.25) is 10.0 Å². The third kappa shape index (κ3) is 2.82. The molecule has 0 bridgehead atoms. The zero-order chi connectivity index (χ0) is 14.9. The maximum absolute atomic E-state index is 13.9. The molecule has 0 saturated carbocycles. The van der Waals surface area contributed by atoms with Crippen LogP contribution in [0.15, 0.2) is 18.2 Å². The Bertz CT molecular complexity index is 628. The quantitative estimate of drug-likeness (QED) is 0.933. The monoisotopic (exact) mass is 316 g/mol. The van der Waals surface area contributed by atoms with Gasteiger partial charge in [0.25, 0.3) is 0 Å². The lowest BCUT2D eigenvalue weighted by molar-refractivity contribution is 0.171. The first-order valence-electron chi connectivity index (χ1n) is 6.27. The fourth-order valence-corrected chi connectivity index (χ4v) is 2.67. The molecular formula is C14H15Cl2FN2O. The number of benzene rings is 1. The summed E-state index contributed by atoms with van der Waals surface area (Å²) in [6, 6.07) is 4.56. The maximum Gasteiger partial charge on any atom is 0.147 e. The highest BCUT2D eigenvalue weighted by atomic mass is 35.5. The smallest absolute Gasteiger partial charge is 0.147 e. The van der Waals surface area contributed by atoms with Crippen LogP contribution in [0.1, 0.15) is 30.0 Å². The summed E-state index contributed by atoms with van der Waals surface area (Å²) in [5, 5.41) is 15.0. The van der Waals surface area contributed by atoms with Gasteiger partial charge in [-0.3, -0.25) is 4.68 Å². The van der Waals surface area contributed by atoms with Crippen LogP contribution in [0.5, 0.6) is 0 Å². The molecule has 1 heterocycles. The van der Waals surface area contributed by atoms with Crippen LogP contribution >= 0.6 is 23.2 Å². The highest BCUT2D eigenvalue weighted by Crippen LogP contribution is 2.29. The van der Waals surface area contributed by atoms with Crippen LogP contribution in [0, 0.1) is 5.82 Å². The Morgan fingerprint density at radius 3 is 2.70 bits per heavy atom. The van der Waals surface area contributed by atoms with Crippen LogP contribution < -0.4 is 0 Å². The van der Waals surface area contributed by atoms with Crippen LogP contribution in [0.25, 0.3) is 0 Å². The van der Waals surface area contributed by atoms with Crippen molar-refractivity contribution in [3.8, 4) is 0 Å². The fraction of sp³-hybridized carbons (Fsp3) is 0.357. The van der Waals surface area contributed by atoms with E-state index in [1.807, 2.05) is 6.92 Å². The van der Waals surface area contributed by atoms with Gasteiger partial charge in [0.05, 0.1) is 27.5 Å². The molecule has 0 aliphatic rings. The van der Waals surface area contributed by atoms with Gasteiger partial charge in [0.1, 0.15) is 5.82 Å². The number of hydrogen-bond acceptors (Lipinski definition) is 2. The summed E-state index contributed by atoms with van der Waals surface area (Å²) in [5.74, 6) is -0.601. The summed E-state index contributed by atoms with van der Waals surface area (Å²) >= 11 is 11.9. The predicted molar refractivity (Wildman–Crippen MR) is 77.7 cm³/mol. The molecule has 0 amide bonds. The van der Waals surface area contributed by atoms with Gasteiger partial charge in [-0.15, -0.1) is 0 Å². The van der Waals surface area contributed by atoms with E-state index >= 15 is 0 Å². The molecule has 2 aromatic rings. The zero-order valence-electron chi connectivity index (χ0n) is 11.2. The van der Waals surface area contributed by atoms with Crippen molar-refractivity contribution < 1.29 is 9.50 Å². The van der Waals surface area contributed by atoms with Gasteiger partial charge in [0.2, 0.25) is 0 Å². The summed E-state index contributed by atoms with van der Waals surface area (Å²) in [5.41, 5.74) is 1.60. The topological polar surface area (TPSA) is 38.0 Å². The number of halogens is 3. The summed E-state index contributed by atoms with van der Waals surface area (Å²) in [6.07, 6.45) is -0.139. The summed E-state index contributed by atoms with van der Waals surface area (Å²) in [4.78, 5) is 0. The second-order valence-corrected chi connectivity index (χ2v) is 5.33. The first-order valence-corrected chi connectivity index (χ1v) is 7.03. The lowest BCUT2D eigenvalue weighted by Crippen LogP contribution is -2.08. The molecule has 1 unspecified atom stereocenters. The Hall–Kier alpha value is -1.10. The van der Waals surface area contributed by atoms with Crippen molar-refractivity contribution in [1.82, 2.24) is 9.78 Å². The lowest BCUT2D eigenvalue weighted by Gasteiger charge is -2.13. The van der Waals surface area contributed by atoms with Gasteiger partial charge < -0.3 is 5.11 Å². The largest absolute Gasteiger partial charge is 0.388 e. The zero-order valence-corrected chi connectivity index (χ0v) is 12.7. The molecule has 0 aliphatic heterocycles. The minimum Gasteiger partial charge on any atom is -0.388 e. The van der Waals surface area contributed by atoms with E-state index in [1.54, 1.807) is 17.8 Å². The van der Waals surface area contributed by atoms with Gasteiger partial charge in [-0.25, -0.2) is 4.39 Å². The van der Waals surface area contributed by atoms with Crippen molar-refractivity contribution in [3.05, 3.63) is 51.0 Å². The van der Waals surface area contributed by atoms with Crippen LogP contribution in [0.4, 0.5) is 4.39 Å². The average molecular weight is 317 g/mol. The van der Waals surface area contributed by atoms with Gasteiger partial charge >= 0.3 is 0 Å². The minimum atomic E-state index is -1.02. The Kier molecular flexibility index (Phi) is 4.68. The second-order valence-electron chi connectivity index (χ2n) is 4.55. The molecule has 0 fully saturated rings. The van der Waals surface area contributed by atoms with Crippen molar-refractivity contribution >= 4 is 23.2 Å². The average Bonchev–Trinajstić information content (AvgIpc) is 2.69. The summed E-state index contributed by atoms with van der Waals surface area (Å²) in [7, 11) is 1.75. The van der Waals surface area contributed by atoms with E-state index in [-0.39, 0.29) is 17.0 Å². The molecule has 1 N–H and O–H groups in total. The molecule has 1 aromatic heterocycles. The highest BCUT2D eigenvalue weighted by Gasteiger charge is 2.20. The standard InChI is InChI=1S/C14H15Cl2FN2O/c1-3-10-13(16)11(19(2)18-10)7-12(20)8-5-4-6-9(15)14(8)17/h4-6,12,20H,3,7H2,1-2H3. The highest BCUT2D eigenvalue weighted by molar-refractivity contribution is 6.32. The van der Waals surface area contributed by atoms with Crippen molar-refractivity contribution in [2.45, 2.75) is 25.9 Å². The van der Waals surface area contributed by atoms with Crippen LogP contribution in [-0.4, -0.2) is 14.9 Å². The first kappa shape index (κ1) is 15.3. The van der Waals surface area contributed by atoms with Crippen molar-refractivity contribution in [2.24, 2.45) is 7.05 Å². The van der Waals surface area contributed by atoms with Crippen molar-refractivity contribution in [1.29, 1.82) is 0 Å². The van der Waals surface area contributed by atoms with Gasteiger partial charge in [0, 0.05) is 19.0 Å². The van der Waals surface area contributed by atoms with Crippen LogP contribution in [0.3, 0.4) is 0 Å². The molecule has 1 aromatic carbocycles. The SMILES string of the molecule is CCc1nn(C)c(CC(O)c2cccc(Cl)c2F)c1Cl. The molecular weight excluding hydrogens is 302 g/mol. The molecule has 20 heavy (non-hydrogen) atoms. The summed E-state index contributed by atoms with van der Waals surface area (Å²) in [6.45, 7) is 1.95. The van der Waals surface area contributed by atoms with E-state index in [0.717, 1.165) is 5.69 Å². The van der Waals surface area contributed by atoms with E-state index in [9.17, 15) is 9.50 Å². The molecule has 0 aliphatic carbocycles. The molecule has 108 valence electrons. The molecule has 0 spiro atoms. The third-order valence-electron chi connectivity index (χ3n) is 3.23. The van der Waals surface area contributed by atoms with Crippen LogP contribution in [-0.2, 0) is 19.9 Å².